The summed E-state index contributed by atoms with van der Waals surface area (Å²) in [5.74, 6) is 0. The molecule has 0 aliphatic heterocycles. The summed E-state index contributed by atoms with van der Waals surface area (Å²) in [5, 5.41) is 1.02. The first-order valence-corrected chi connectivity index (χ1v) is 7.65. The van der Waals surface area contributed by atoms with E-state index >= 15 is 0 Å². The van der Waals surface area contributed by atoms with Crippen LogP contribution < -0.4 is 0 Å². The second-order valence-corrected chi connectivity index (χ2v) is 11.8. The van der Waals surface area contributed by atoms with Crippen molar-refractivity contribution in [1.82, 2.24) is 0 Å². The normalized spacial score (nSPS) is 14.8. The van der Waals surface area contributed by atoms with Gasteiger partial charge in [-0.1, -0.05) is 0 Å². The Kier molecular flexibility index (Phi) is 4.02. The summed E-state index contributed by atoms with van der Waals surface area (Å²) in [7, 11) is -0.826. The predicted octanol–water partition coefficient (Wildman–Crippen LogP) is 4.64. The average molecular weight is 203 g/mol. The molecule has 1 heteroatoms. The Morgan fingerprint density at radius 2 is 0.923 bits per heavy atom. The van der Waals surface area contributed by atoms with Crippen molar-refractivity contribution in [3.63, 3.8) is 0 Å². The van der Waals surface area contributed by atoms with E-state index in [1.54, 1.807) is 0 Å². The van der Waals surface area contributed by atoms with Crippen LogP contribution in [0.2, 0.25) is 0 Å². The average Bonchev–Trinajstić information content (AvgIpc) is 1.84. The molecule has 0 N–H and O–H groups in total. The molecule has 0 spiro atoms. The van der Waals surface area contributed by atoms with Crippen LogP contribution in [0.5, 0.6) is 0 Å². The maximum absolute atomic E-state index is 2.43. The van der Waals surface area contributed by atoms with Gasteiger partial charge < -0.3 is 0 Å². The summed E-state index contributed by atoms with van der Waals surface area (Å²) < 4.78 is 0. The molecule has 0 aliphatic carbocycles. The van der Waals surface area contributed by atoms with Gasteiger partial charge in [-0.15, -0.1) is 0 Å². The molecule has 0 rings (SSSR count). The van der Waals surface area contributed by atoms with Gasteiger partial charge in [-0.2, -0.15) is 0 Å². The van der Waals surface area contributed by atoms with E-state index in [0.29, 0.717) is 10.3 Å². The second kappa shape index (κ2) is 3.89. The molecule has 0 nitrogen and oxygen atoms in total. The molecule has 0 radical (unpaired) electrons. The smallest absolute Gasteiger partial charge is 0.0311 e. The van der Waals surface area contributed by atoms with Crippen molar-refractivity contribution in [1.29, 1.82) is 0 Å². The molecule has 0 atom stereocenters. The van der Waals surface area contributed by atoms with Gasteiger partial charge in [0.1, 0.15) is 0 Å². The van der Waals surface area contributed by atoms with Gasteiger partial charge >= 0.3 is 0 Å². The van der Waals surface area contributed by atoms with Crippen molar-refractivity contribution in [2.75, 3.05) is 12.3 Å². The van der Waals surface area contributed by atoms with Crippen molar-refractivity contribution in [3.8, 4) is 0 Å². The van der Waals surface area contributed by atoms with Crippen LogP contribution in [-0.4, -0.2) is 22.6 Å². The summed E-state index contributed by atoms with van der Waals surface area (Å²) in [6.45, 7) is 19.3. The number of hydrogen-bond acceptors (Lipinski definition) is 0. The van der Waals surface area contributed by atoms with Crippen LogP contribution in [0, 0.1) is 0 Å². The molecule has 0 amide bonds. The van der Waals surface area contributed by atoms with E-state index in [4.69, 9.17) is 0 Å². The van der Waals surface area contributed by atoms with Crippen molar-refractivity contribution in [2.24, 2.45) is 0 Å². The summed E-state index contributed by atoms with van der Waals surface area (Å²) >= 11 is 0. The zero-order valence-electron chi connectivity index (χ0n) is 10.9. The van der Waals surface area contributed by atoms with Gasteiger partial charge in [-0.05, 0) is 55.4 Å². The molecule has 0 aliphatic rings. The quantitative estimate of drug-likeness (QED) is 0.573. The van der Waals surface area contributed by atoms with Crippen LogP contribution >= 0.6 is 7.26 Å². The van der Waals surface area contributed by atoms with Gasteiger partial charge in [-0.25, -0.2) is 0 Å². The largest absolute Gasteiger partial charge is 0.0720 e. The van der Waals surface area contributed by atoms with Crippen LogP contribution in [0.15, 0.2) is 0 Å². The predicted molar refractivity (Wildman–Crippen MR) is 67.5 cm³/mol. The highest BCUT2D eigenvalue weighted by Gasteiger charge is 2.54. The Hall–Kier alpha value is 0.430. The Morgan fingerprint density at radius 3 is 0.923 bits per heavy atom. The van der Waals surface area contributed by atoms with Gasteiger partial charge in [0.2, 0.25) is 0 Å². The maximum atomic E-state index is 2.43. The molecule has 13 heavy (non-hydrogen) atoms. The molecule has 0 aromatic rings. The Balaban J connectivity index is 5.17. The molecular formula is C12H28P+. The molecule has 0 saturated heterocycles. The van der Waals surface area contributed by atoms with Crippen molar-refractivity contribution in [3.05, 3.63) is 0 Å². The van der Waals surface area contributed by atoms with E-state index in [1.165, 1.54) is 12.3 Å². The third-order valence-electron chi connectivity index (χ3n) is 3.65. The third kappa shape index (κ3) is 2.27. The van der Waals surface area contributed by atoms with Crippen LogP contribution in [0.1, 0.15) is 55.4 Å². The van der Waals surface area contributed by atoms with Crippen LogP contribution in [0.4, 0.5) is 0 Å². The van der Waals surface area contributed by atoms with Gasteiger partial charge in [0.05, 0.1) is 22.6 Å². The summed E-state index contributed by atoms with van der Waals surface area (Å²) in [6.07, 6.45) is 2.77. The highest BCUT2D eigenvalue weighted by atomic mass is 31.2. The molecule has 0 aromatic heterocycles. The van der Waals surface area contributed by atoms with Gasteiger partial charge in [-0.3, -0.25) is 0 Å². The Bertz CT molecular complexity index is 137. The minimum Gasteiger partial charge on any atom is -0.0311 e. The lowest BCUT2D eigenvalue weighted by atomic mass is 10.2. The topological polar surface area (TPSA) is 0 Å². The minimum absolute atomic E-state index is 0.509. The SMILES string of the molecule is CC[P+](CC)(C(C)(C)C)C(C)(C)C. The van der Waals surface area contributed by atoms with Crippen molar-refractivity contribution in [2.45, 2.75) is 65.7 Å². The van der Waals surface area contributed by atoms with E-state index < -0.39 is 7.26 Å². The first-order chi connectivity index (χ1) is 5.62. The van der Waals surface area contributed by atoms with E-state index in [9.17, 15) is 0 Å². The number of hydrogen-bond donors (Lipinski definition) is 0. The van der Waals surface area contributed by atoms with Crippen molar-refractivity contribution >= 4 is 7.26 Å². The lowest BCUT2D eigenvalue weighted by Gasteiger charge is -2.46. The highest BCUT2D eigenvalue weighted by Crippen LogP contribution is 2.75. The fourth-order valence-electron chi connectivity index (χ4n) is 3.13. The molecule has 0 saturated carbocycles. The summed E-state index contributed by atoms with van der Waals surface area (Å²) in [5.41, 5.74) is 0. The van der Waals surface area contributed by atoms with E-state index in [2.05, 4.69) is 55.4 Å². The van der Waals surface area contributed by atoms with Gasteiger partial charge in [0, 0.05) is 7.26 Å². The minimum atomic E-state index is -0.826. The molecule has 0 unspecified atom stereocenters. The van der Waals surface area contributed by atoms with E-state index in [0.717, 1.165) is 0 Å². The van der Waals surface area contributed by atoms with E-state index in [-0.39, 0.29) is 0 Å². The zero-order valence-corrected chi connectivity index (χ0v) is 11.8. The summed E-state index contributed by atoms with van der Waals surface area (Å²) in [4.78, 5) is 0. The third-order valence-corrected chi connectivity index (χ3v) is 10.9. The standard InChI is InChI=1S/C12H28P/c1-9-13(10-2,11(3,4)5)12(6,7)8/h9-10H2,1-8H3/q+1. The Morgan fingerprint density at radius 1 is 0.692 bits per heavy atom. The first kappa shape index (κ1) is 13.4. The van der Waals surface area contributed by atoms with Crippen LogP contribution in [-0.2, 0) is 0 Å². The molecule has 0 bridgehead atoms. The van der Waals surface area contributed by atoms with Crippen LogP contribution in [0.25, 0.3) is 0 Å². The second-order valence-electron chi connectivity index (χ2n) is 5.94. The zero-order chi connectivity index (χ0) is 10.9. The molecular weight excluding hydrogens is 175 g/mol. The van der Waals surface area contributed by atoms with Crippen molar-refractivity contribution < 1.29 is 0 Å². The monoisotopic (exact) mass is 203 g/mol. The molecule has 80 valence electrons. The lowest BCUT2D eigenvalue weighted by molar-refractivity contribution is 0.681. The fourth-order valence-corrected chi connectivity index (χ4v) is 9.38. The Labute approximate surface area is 85.8 Å². The molecule has 0 aromatic carbocycles. The number of rotatable bonds is 2. The maximum Gasteiger partial charge on any atom is 0.0720 e. The van der Waals surface area contributed by atoms with Gasteiger partial charge in [0.15, 0.2) is 0 Å². The molecule has 0 fully saturated rings. The van der Waals surface area contributed by atoms with E-state index in [1.807, 2.05) is 0 Å². The van der Waals surface area contributed by atoms with Crippen LogP contribution in [0.3, 0.4) is 0 Å². The lowest BCUT2D eigenvalue weighted by Crippen LogP contribution is -2.36. The fraction of sp³-hybridized carbons (Fsp3) is 1.00. The first-order valence-electron chi connectivity index (χ1n) is 5.49. The summed E-state index contributed by atoms with van der Waals surface area (Å²) in [6, 6.07) is 0. The van der Waals surface area contributed by atoms with Gasteiger partial charge in [0.25, 0.3) is 0 Å². The highest BCUT2D eigenvalue weighted by molar-refractivity contribution is 7.78. The molecule has 0 heterocycles.